The Morgan fingerprint density at radius 1 is 1.12 bits per heavy atom. The Bertz CT molecular complexity index is 1070. The second-order valence-corrected chi connectivity index (χ2v) is 8.41. The van der Waals surface area contributed by atoms with Crippen molar-refractivity contribution in [1.82, 2.24) is 9.55 Å². The van der Waals surface area contributed by atoms with Crippen LogP contribution in [0.25, 0.3) is 0 Å². The lowest BCUT2D eigenvalue weighted by Gasteiger charge is -2.08. The lowest BCUT2D eigenvalue weighted by atomic mass is 10.1. The first kappa shape index (κ1) is 23.5. The summed E-state index contributed by atoms with van der Waals surface area (Å²) in [7, 11) is 0. The molecule has 0 atom stereocenters. The molecule has 0 amide bonds. The van der Waals surface area contributed by atoms with E-state index < -0.39 is 5.97 Å². The van der Waals surface area contributed by atoms with Gasteiger partial charge in [0.2, 0.25) is 5.88 Å². The summed E-state index contributed by atoms with van der Waals surface area (Å²) in [6, 6.07) is 11.7. The van der Waals surface area contributed by atoms with Gasteiger partial charge in [0.1, 0.15) is 5.75 Å². The van der Waals surface area contributed by atoms with E-state index in [9.17, 15) is 14.7 Å². The van der Waals surface area contributed by atoms with Crippen molar-refractivity contribution in [2.75, 3.05) is 6.61 Å². The van der Waals surface area contributed by atoms with Crippen molar-refractivity contribution < 1.29 is 19.4 Å². The highest BCUT2D eigenvalue weighted by Gasteiger charge is 2.15. The normalized spacial score (nSPS) is 10.8. The fourth-order valence-corrected chi connectivity index (χ4v) is 3.96. The van der Waals surface area contributed by atoms with Crippen molar-refractivity contribution in [3.8, 4) is 11.6 Å². The Morgan fingerprint density at radius 3 is 2.53 bits per heavy atom. The summed E-state index contributed by atoms with van der Waals surface area (Å²) in [5, 5.41) is 10.4. The van der Waals surface area contributed by atoms with E-state index in [0.717, 1.165) is 45.8 Å². The summed E-state index contributed by atoms with van der Waals surface area (Å²) in [6.07, 6.45) is 4.94. The van der Waals surface area contributed by atoms with Crippen molar-refractivity contribution >= 4 is 17.3 Å². The maximum Gasteiger partial charge on any atom is 0.313 e. The van der Waals surface area contributed by atoms with Gasteiger partial charge in [-0.25, -0.2) is 4.57 Å². The molecular formula is C24H28N2O5S. The SMILES string of the molecule is CCCC(=O)OCn1c(O)c(Cc2ccc(OCCc3ccc(CC)cn3)cc2)sc1=O. The highest BCUT2D eigenvalue weighted by atomic mass is 32.1. The van der Waals surface area contributed by atoms with Crippen LogP contribution in [0.5, 0.6) is 11.6 Å². The molecular weight excluding hydrogens is 428 g/mol. The predicted molar refractivity (Wildman–Crippen MR) is 123 cm³/mol. The molecule has 2 aromatic heterocycles. The van der Waals surface area contributed by atoms with E-state index in [1.54, 1.807) is 0 Å². The molecule has 3 rings (SSSR count). The average Bonchev–Trinajstić information content (AvgIpc) is 3.06. The van der Waals surface area contributed by atoms with E-state index in [2.05, 4.69) is 18.0 Å². The zero-order valence-electron chi connectivity index (χ0n) is 18.4. The van der Waals surface area contributed by atoms with Gasteiger partial charge in [-0.15, -0.1) is 0 Å². The molecule has 0 aliphatic carbocycles. The van der Waals surface area contributed by atoms with E-state index in [1.165, 1.54) is 5.56 Å². The monoisotopic (exact) mass is 456 g/mol. The van der Waals surface area contributed by atoms with Crippen molar-refractivity contribution in [2.24, 2.45) is 0 Å². The highest BCUT2D eigenvalue weighted by molar-refractivity contribution is 7.09. The third-order valence-corrected chi connectivity index (χ3v) is 5.92. The van der Waals surface area contributed by atoms with Crippen molar-refractivity contribution in [1.29, 1.82) is 0 Å². The number of aromatic hydroxyl groups is 1. The van der Waals surface area contributed by atoms with Gasteiger partial charge < -0.3 is 14.6 Å². The summed E-state index contributed by atoms with van der Waals surface area (Å²) in [5.41, 5.74) is 3.14. The number of carbonyl (C=O) groups is 1. The number of aromatic nitrogens is 2. The second kappa shape index (κ2) is 11.5. The van der Waals surface area contributed by atoms with E-state index in [0.29, 0.717) is 24.3 Å². The van der Waals surface area contributed by atoms with Crippen LogP contribution in [-0.4, -0.2) is 27.2 Å². The first-order chi connectivity index (χ1) is 15.5. The number of aryl methyl sites for hydroxylation is 1. The van der Waals surface area contributed by atoms with Gasteiger partial charge in [-0.3, -0.25) is 14.6 Å². The zero-order chi connectivity index (χ0) is 22.9. The maximum atomic E-state index is 12.2. The summed E-state index contributed by atoms with van der Waals surface area (Å²) in [5.74, 6) is 0.193. The fourth-order valence-electron chi connectivity index (χ4n) is 3.06. The number of esters is 1. The highest BCUT2D eigenvalue weighted by Crippen LogP contribution is 2.24. The molecule has 0 aliphatic rings. The van der Waals surface area contributed by atoms with Crippen molar-refractivity contribution in [2.45, 2.75) is 52.7 Å². The van der Waals surface area contributed by atoms with Crippen LogP contribution in [-0.2, 0) is 35.5 Å². The molecule has 0 spiro atoms. The van der Waals surface area contributed by atoms with Crippen LogP contribution >= 0.6 is 11.3 Å². The minimum Gasteiger partial charge on any atom is -0.494 e. The molecule has 1 N–H and O–H groups in total. The molecule has 7 nitrogen and oxygen atoms in total. The Kier molecular flexibility index (Phi) is 8.44. The average molecular weight is 457 g/mol. The number of ether oxygens (including phenoxy) is 2. The van der Waals surface area contributed by atoms with Crippen LogP contribution in [0.1, 0.15) is 48.4 Å². The summed E-state index contributed by atoms with van der Waals surface area (Å²) in [4.78, 5) is 28.3. The Balaban J connectivity index is 1.53. The minimum atomic E-state index is -0.393. The van der Waals surface area contributed by atoms with Crippen LogP contribution < -0.4 is 9.61 Å². The summed E-state index contributed by atoms with van der Waals surface area (Å²) < 4.78 is 11.9. The molecule has 0 unspecified atom stereocenters. The number of benzene rings is 1. The van der Waals surface area contributed by atoms with E-state index in [1.807, 2.05) is 43.5 Å². The third-order valence-electron chi connectivity index (χ3n) is 4.95. The van der Waals surface area contributed by atoms with Gasteiger partial charge in [0.25, 0.3) is 0 Å². The molecule has 0 saturated heterocycles. The number of nitrogens with zero attached hydrogens (tertiary/aromatic N) is 2. The lowest BCUT2D eigenvalue weighted by Crippen LogP contribution is -2.17. The van der Waals surface area contributed by atoms with Crippen LogP contribution in [0.3, 0.4) is 0 Å². The Labute approximate surface area is 191 Å². The number of thiazole rings is 1. The molecule has 2 heterocycles. The van der Waals surface area contributed by atoms with E-state index in [4.69, 9.17) is 9.47 Å². The summed E-state index contributed by atoms with van der Waals surface area (Å²) in [6.45, 7) is 4.22. The molecule has 3 aromatic rings. The van der Waals surface area contributed by atoms with E-state index >= 15 is 0 Å². The first-order valence-corrected chi connectivity index (χ1v) is 11.5. The zero-order valence-corrected chi connectivity index (χ0v) is 19.2. The van der Waals surface area contributed by atoms with Gasteiger partial charge in [-0.2, -0.15) is 0 Å². The van der Waals surface area contributed by atoms with Gasteiger partial charge in [0.05, 0.1) is 11.5 Å². The van der Waals surface area contributed by atoms with Gasteiger partial charge in [-0.05, 0) is 42.2 Å². The standard InChI is InChI=1S/C24H28N2O5S/c1-3-5-22(27)31-16-26-23(28)21(32-24(26)29)14-18-7-10-20(11-8-18)30-13-12-19-9-6-17(4-2)15-25-19/h6-11,15,28H,3-5,12-14,16H2,1-2H3. The largest absolute Gasteiger partial charge is 0.494 e. The second-order valence-electron chi connectivity index (χ2n) is 7.37. The number of carbonyl (C=O) groups excluding carboxylic acids is 1. The number of rotatable bonds is 11. The molecule has 0 saturated carbocycles. The Morgan fingerprint density at radius 2 is 1.88 bits per heavy atom. The maximum absolute atomic E-state index is 12.2. The van der Waals surface area contributed by atoms with E-state index in [-0.39, 0.29) is 23.9 Å². The van der Waals surface area contributed by atoms with Crippen LogP contribution in [0.2, 0.25) is 0 Å². The number of pyridine rings is 1. The molecule has 32 heavy (non-hydrogen) atoms. The molecule has 170 valence electrons. The Hall–Kier alpha value is -3.13. The minimum absolute atomic E-state index is 0.161. The molecule has 1 aromatic carbocycles. The molecule has 0 aliphatic heterocycles. The molecule has 0 fully saturated rings. The predicted octanol–water partition coefficient (Wildman–Crippen LogP) is 4.09. The fraction of sp³-hybridized carbons (Fsp3) is 0.375. The van der Waals surface area contributed by atoms with Crippen LogP contribution in [0.4, 0.5) is 0 Å². The van der Waals surface area contributed by atoms with Gasteiger partial charge in [0.15, 0.2) is 6.73 Å². The first-order valence-electron chi connectivity index (χ1n) is 10.7. The van der Waals surface area contributed by atoms with Crippen LogP contribution in [0, 0.1) is 0 Å². The smallest absolute Gasteiger partial charge is 0.313 e. The van der Waals surface area contributed by atoms with Gasteiger partial charge >= 0.3 is 10.8 Å². The topological polar surface area (TPSA) is 90.7 Å². The van der Waals surface area contributed by atoms with Crippen molar-refractivity contribution in [3.63, 3.8) is 0 Å². The van der Waals surface area contributed by atoms with Gasteiger partial charge in [-0.1, -0.05) is 43.4 Å². The number of hydrogen-bond donors (Lipinski definition) is 1. The third kappa shape index (κ3) is 6.43. The molecule has 8 heteroatoms. The molecule has 0 radical (unpaired) electrons. The lowest BCUT2D eigenvalue weighted by molar-refractivity contribution is -0.147. The molecule has 0 bridgehead atoms. The van der Waals surface area contributed by atoms with Crippen molar-refractivity contribution in [3.05, 3.63) is 74.0 Å². The quantitative estimate of drug-likeness (QED) is 0.437. The number of hydrogen-bond acceptors (Lipinski definition) is 7. The van der Waals surface area contributed by atoms with Gasteiger partial charge in [0, 0.05) is 31.2 Å². The van der Waals surface area contributed by atoms with Crippen LogP contribution in [0.15, 0.2) is 47.4 Å². The summed E-state index contributed by atoms with van der Waals surface area (Å²) >= 11 is 0.947.